The maximum absolute atomic E-state index is 13.0. The Bertz CT molecular complexity index is 551. The number of fused-ring (bicyclic) bond motifs is 1. The molecule has 0 aromatic carbocycles. The molecule has 3 unspecified atom stereocenters. The lowest BCUT2D eigenvalue weighted by atomic mass is 10.0. The molecule has 0 spiro atoms. The first-order valence-corrected chi connectivity index (χ1v) is 8.35. The van der Waals surface area contributed by atoms with Gasteiger partial charge < -0.3 is 14.8 Å². The molecule has 20 heavy (non-hydrogen) atoms. The van der Waals surface area contributed by atoms with Gasteiger partial charge in [-0.3, -0.25) is 4.79 Å². The van der Waals surface area contributed by atoms with Crippen LogP contribution in [0.3, 0.4) is 0 Å². The zero-order chi connectivity index (χ0) is 13.9. The SMILES string of the molecule is CC1CC2CNCC2N1C(=O)c1cc(Br)cn1C1CC1. The van der Waals surface area contributed by atoms with Crippen LogP contribution in [0, 0.1) is 5.92 Å². The largest absolute Gasteiger partial charge is 0.339 e. The highest BCUT2D eigenvalue weighted by molar-refractivity contribution is 9.10. The molecule has 4 nitrogen and oxygen atoms in total. The molecular formula is C15H20BrN3O. The lowest BCUT2D eigenvalue weighted by molar-refractivity contribution is 0.0670. The number of halogens is 1. The number of nitrogens with one attached hydrogen (secondary N) is 1. The standard InChI is InChI=1S/C15H20BrN3O/c1-9-4-10-6-17-7-14(10)19(9)15(20)13-5-11(16)8-18(13)12-2-3-12/h5,8-10,12,14,17H,2-4,6-7H2,1H3. The lowest BCUT2D eigenvalue weighted by Gasteiger charge is -2.28. The fourth-order valence-corrected chi connectivity index (χ4v) is 4.36. The molecule has 0 bridgehead atoms. The predicted molar refractivity (Wildman–Crippen MR) is 80.8 cm³/mol. The van der Waals surface area contributed by atoms with Crippen LogP contribution >= 0.6 is 15.9 Å². The van der Waals surface area contributed by atoms with E-state index >= 15 is 0 Å². The zero-order valence-electron chi connectivity index (χ0n) is 11.7. The van der Waals surface area contributed by atoms with Gasteiger partial charge in [0, 0.05) is 41.9 Å². The van der Waals surface area contributed by atoms with Gasteiger partial charge >= 0.3 is 0 Å². The number of likely N-dealkylation sites (tertiary alicyclic amines) is 1. The molecule has 1 saturated carbocycles. The van der Waals surface area contributed by atoms with Gasteiger partial charge in [0.25, 0.3) is 5.91 Å². The Labute approximate surface area is 127 Å². The van der Waals surface area contributed by atoms with Gasteiger partial charge in [-0.25, -0.2) is 0 Å². The van der Waals surface area contributed by atoms with Crippen molar-refractivity contribution in [2.45, 2.75) is 44.3 Å². The summed E-state index contributed by atoms with van der Waals surface area (Å²) < 4.78 is 3.19. The predicted octanol–water partition coefficient (Wildman–Crippen LogP) is 2.41. The van der Waals surface area contributed by atoms with E-state index in [1.165, 1.54) is 12.8 Å². The molecule has 1 N–H and O–H groups in total. The molecule has 3 atom stereocenters. The van der Waals surface area contributed by atoms with E-state index in [1.54, 1.807) is 0 Å². The second-order valence-electron chi connectivity index (χ2n) is 6.46. The summed E-state index contributed by atoms with van der Waals surface area (Å²) in [6.07, 6.45) is 5.60. The van der Waals surface area contributed by atoms with E-state index in [-0.39, 0.29) is 5.91 Å². The number of aromatic nitrogens is 1. The van der Waals surface area contributed by atoms with Crippen LogP contribution in [0.5, 0.6) is 0 Å². The van der Waals surface area contributed by atoms with Gasteiger partial charge in [0.15, 0.2) is 0 Å². The third kappa shape index (κ3) is 1.94. The number of rotatable bonds is 2. The number of carbonyl (C=O) groups is 1. The van der Waals surface area contributed by atoms with Gasteiger partial charge in [0.2, 0.25) is 0 Å². The molecule has 1 amide bonds. The van der Waals surface area contributed by atoms with Crippen LogP contribution in [0.2, 0.25) is 0 Å². The summed E-state index contributed by atoms with van der Waals surface area (Å²) in [6, 6.07) is 3.28. The number of carbonyl (C=O) groups excluding carboxylic acids is 1. The fraction of sp³-hybridized carbons (Fsp3) is 0.667. The molecule has 5 heteroatoms. The number of hydrogen-bond donors (Lipinski definition) is 1. The van der Waals surface area contributed by atoms with Gasteiger partial charge in [0.05, 0.1) is 0 Å². The minimum atomic E-state index is 0.214. The van der Waals surface area contributed by atoms with Crippen molar-refractivity contribution in [2.75, 3.05) is 13.1 Å². The van der Waals surface area contributed by atoms with Crippen molar-refractivity contribution in [2.24, 2.45) is 5.92 Å². The van der Waals surface area contributed by atoms with Crippen LogP contribution < -0.4 is 5.32 Å². The van der Waals surface area contributed by atoms with Gasteiger partial charge in [0.1, 0.15) is 5.69 Å². The molecule has 0 radical (unpaired) electrons. The van der Waals surface area contributed by atoms with Crippen LogP contribution in [0.1, 0.15) is 42.7 Å². The van der Waals surface area contributed by atoms with Crippen LogP contribution in [-0.2, 0) is 0 Å². The van der Waals surface area contributed by atoms with Crippen LogP contribution in [-0.4, -0.2) is 40.5 Å². The van der Waals surface area contributed by atoms with Crippen molar-refractivity contribution < 1.29 is 4.79 Å². The van der Waals surface area contributed by atoms with E-state index in [4.69, 9.17) is 0 Å². The molecule has 4 rings (SSSR count). The van der Waals surface area contributed by atoms with E-state index in [0.29, 0.717) is 24.0 Å². The first kappa shape index (κ1) is 12.9. The molecule has 3 heterocycles. The summed E-state index contributed by atoms with van der Waals surface area (Å²) in [5.41, 5.74) is 0.860. The Morgan fingerprint density at radius 2 is 2.20 bits per heavy atom. The first-order valence-electron chi connectivity index (χ1n) is 7.56. The maximum atomic E-state index is 13.0. The lowest BCUT2D eigenvalue weighted by Crippen LogP contribution is -2.43. The van der Waals surface area contributed by atoms with Crippen molar-refractivity contribution in [3.05, 3.63) is 22.4 Å². The monoisotopic (exact) mass is 337 g/mol. The van der Waals surface area contributed by atoms with Crippen LogP contribution in [0.15, 0.2) is 16.7 Å². The van der Waals surface area contributed by atoms with E-state index < -0.39 is 0 Å². The Morgan fingerprint density at radius 1 is 1.40 bits per heavy atom. The first-order chi connectivity index (χ1) is 9.65. The molecule has 108 valence electrons. The Morgan fingerprint density at radius 3 is 2.95 bits per heavy atom. The highest BCUT2D eigenvalue weighted by Gasteiger charge is 2.45. The van der Waals surface area contributed by atoms with Crippen molar-refractivity contribution >= 4 is 21.8 Å². The number of amides is 1. The van der Waals surface area contributed by atoms with Crippen molar-refractivity contribution in [1.29, 1.82) is 0 Å². The molecule has 2 aliphatic heterocycles. The zero-order valence-corrected chi connectivity index (χ0v) is 13.3. The van der Waals surface area contributed by atoms with Crippen LogP contribution in [0.4, 0.5) is 0 Å². The smallest absolute Gasteiger partial charge is 0.271 e. The molecule has 1 aliphatic carbocycles. The third-order valence-electron chi connectivity index (χ3n) is 4.99. The van der Waals surface area contributed by atoms with Crippen molar-refractivity contribution in [3.8, 4) is 0 Å². The molecule has 1 aromatic rings. The molecule has 1 aromatic heterocycles. The summed E-state index contributed by atoms with van der Waals surface area (Å²) in [6.45, 7) is 4.20. The third-order valence-corrected chi connectivity index (χ3v) is 5.42. The maximum Gasteiger partial charge on any atom is 0.271 e. The highest BCUT2D eigenvalue weighted by Crippen LogP contribution is 2.39. The minimum Gasteiger partial charge on any atom is -0.339 e. The fourth-order valence-electron chi connectivity index (χ4n) is 3.92. The Kier molecular flexibility index (Phi) is 2.96. The summed E-state index contributed by atoms with van der Waals surface area (Å²) >= 11 is 3.52. The number of nitrogens with zero attached hydrogens (tertiary/aromatic N) is 2. The molecular weight excluding hydrogens is 318 g/mol. The van der Waals surface area contributed by atoms with Crippen LogP contribution in [0.25, 0.3) is 0 Å². The van der Waals surface area contributed by atoms with Crippen molar-refractivity contribution in [1.82, 2.24) is 14.8 Å². The topological polar surface area (TPSA) is 37.3 Å². The molecule has 3 fully saturated rings. The second-order valence-corrected chi connectivity index (χ2v) is 7.38. The highest BCUT2D eigenvalue weighted by atomic mass is 79.9. The Balaban J connectivity index is 1.66. The van der Waals surface area contributed by atoms with Gasteiger partial charge in [-0.15, -0.1) is 0 Å². The average molecular weight is 338 g/mol. The van der Waals surface area contributed by atoms with Crippen molar-refractivity contribution in [3.63, 3.8) is 0 Å². The summed E-state index contributed by atoms with van der Waals surface area (Å²) in [5.74, 6) is 0.855. The Hall–Kier alpha value is -0.810. The molecule has 3 aliphatic rings. The van der Waals surface area contributed by atoms with E-state index in [0.717, 1.165) is 29.7 Å². The number of hydrogen-bond acceptors (Lipinski definition) is 2. The molecule has 2 saturated heterocycles. The summed E-state index contributed by atoms with van der Waals surface area (Å²) in [7, 11) is 0. The van der Waals surface area contributed by atoms with E-state index in [1.807, 2.05) is 6.07 Å². The average Bonchev–Trinajstić information content (AvgIpc) is 2.91. The quantitative estimate of drug-likeness (QED) is 0.899. The van der Waals surface area contributed by atoms with E-state index in [9.17, 15) is 4.79 Å². The van der Waals surface area contributed by atoms with Gasteiger partial charge in [-0.2, -0.15) is 0 Å². The summed E-state index contributed by atoms with van der Waals surface area (Å²) in [4.78, 5) is 15.2. The normalized spacial score (nSPS) is 32.7. The van der Waals surface area contributed by atoms with E-state index in [2.05, 4.69) is 43.8 Å². The second kappa shape index (κ2) is 4.60. The minimum absolute atomic E-state index is 0.214. The van der Waals surface area contributed by atoms with Gasteiger partial charge in [-0.05, 0) is 54.1 Å². The summed E-state index contributed by atoms with van der Waals surface area (Å²) in [5, 5.41) is 3.43. The van der Waals surface area contributed by atoms with Gasteiger partial charge in [-0.1, -0.05) is 0 Å².